The first kappa shape index (κ1) is 17.8. The summed E-state index contributed by atoms with van der Waals surface area (Å²) in [6, 6.07) is 15.1. The summed E-state index contributed by atoms with van der Waals surface area (Å²) in [4.78, 5) is 5.78. The number of hydrogen-bond acceptors (Lipinski definition) is 4. The van der Waals surface area contributed by atoms with Gasteiger partial charge < -0.3 is 0 Å². The molecule has 1 aromatic heterocycles. The van der Waals surface area contributed by atoms with Crippen molar-refractivity contribution < 1.29 is 8.42 Å². The van der Waals surface area contributed by atoms with Gasteiger partial charge in [0, 0.05) is 17.0 Å². The Labute approximate surface area is 152 Å². The number of aromatic nitrogens is 1. The highest BCUT2D eigenvalue weighted by atomic mass is 32.2. The summed E-state index contributed by atoms with van der Waals surface area (Å²) in [5, 5.41) is 0.901. The Bertz CT molecular complexity index is 994. The smallest absolute Gasteiger partial charge is 0.240 e. The van der Waals surface area contributed by atoms with E-state index in [2.05, 4.69) is 9.71 Å². The molecular weight excluding hydrogens is 352 g/mol. The maximum Gasteiger partial charge on any atom is 0.240 e. The third-order valence-electron chi connectivity index (χ3n) is 4.12. The molecule has 0 atom stereocenters. The van der Waals surface area contributed by atoms with E-state index >= 15 is 0 Å². The van der Waals surface area contributed by atoms with Crippen LogP contribution in [0.3, 0.4) is 0 Å². The number of aryl methyl sites for hydroxylation is 3. The Morgan fingerprint density at radius 1 is 1.00 bits per heavy atom. The van der Waals surface area contributed by atoms with E-state index in [0.29, 0.717) is 4.90 Å². The molecule has 0 saturated carbocycles. The zero-order valence-corrected chi connectivity index (χ0v) is 16.0. The molecular formula is C19H20N2O2S2. The Hall–Kier alpha value is -2.02. The van der Waals surface area contributed by atoms with E-state index in [0.717, 1.165) is 32.3 Å². The first-order chi connectivity index (χ1) is 11.9. The van der Waals surface area contributed by atoms with E-state index in [1.165, 1.54) is 11.3 Å². The van der Waals surface area contributed by atoms with E-state index < -0.39 is 10.0 Å². The van der Waals surface area contributed by atoms with Gasteiger partial charge in [-0.15, -0.1) is 11.3 Å². The van der Waals surface area contributed by atoms with Gasteiger partial charge in [-0.2, -0.15) is 0 Å². The molecule has 4 nitrogen and oxygen atoms in total. The second-order valence-electron chi connectivity index (χ2n) is 5.96. The molecule has 3 aromatic rings. The van der Waals surface area contributed by atoms with Gasteiger partial charge in [0.25, 0.3) is 0 Å². The van der Waals surface area contributed by atoms with Gasteiger partial charge in [-0.1, -0.05) is 36.4 Å². The first-order valence-electron chi connectivity index (χ1n) is 7.95. The lowest BCUT2D eigenvalue weighted by molar-refractivity contribution is 0.581. The molecule has 0 unspecified atom stereocenters. The predicted octanol–water partition coefficient (Wildman–Crippen LogP) is 4.21. The fraction of sp³-hybridized carbons (Fsp3) is 0.211. The van der Waals surface area contributed by atoms with Crippen molar-refractivity contribution in [2.45, 2.75) is 32.2 Å². The lowest BCUT2D eigenvalue weighted by Crippen LogP contribution is -2.23. The van der Waals surface area contributed by atoms with E-state index in [-0.39, 0.29) is 6.54 Å². The molecule has 0 bridgehead atoms. The molecule has 1 N–H and O–H groups in total. The van der Waals surface area contributed by atoms with E-state index in [1.807, 2.05) is 57.2 Å². The van der Waals surface area contributed by atoms with Gasteiger partial charge in [0.15, 0.2) is 0 Å². The first-order valence-corrected chi connectivity index (χ1v) is 10.3. The van der Waals surface area contributed by atoms with Crippen LogP contribution in [0.2, 0.25) is 0 Å². The van der Waals surface area contributed by atoms with Gasteiger partial charge in [-0.05, 0) is 44.0 Å². The molecule has 0 radical (unpaired) electrons. The second kappa shape index (κ2) is 7.07. The molecule has 0 aliphatic rings. The topological polar surface area (TPSA) is 59.1 Å². The minimum atomic E-state index is -3.54. The molecule has 0 spiro atoms. The number of rotatable bonds is 5. The average molecular weight is 373 g/mol. The van der Waals surface area contributed by atoms with Crippen LogP contribution in [0.1, 0.15) is 21.7 Å². The average Bonchev–Trinajstić information content (AvgIpc) is 2.97. The minimum Gasteiger partial charge on any atom is -0.241 e. The van der Waals surface area contributed by atoms with E-state index in [9.17, 15) is 8.42 Å². The summed E-state index contributed by atoms with van der Waals surface area (Å²) in [7, 11) is -3.54. The lowest BCUT2D eigenvalue weighted by atomic mass is 10.1. The van der Waals surface area contributed by atoms with Gasteiger partial charge in [-0.25, -0.2) is 18.1 Å². The predicted molar refractivity (Wildman–Crippen MR) is 102 cm³/mol. The Morgan fingerprint density at radius 2 is 1.72 bits per heavy atom. The van der Waals surface area contributed by atoms with Crippen LogP contribution in [0.4, 0.5) is 0 Å². The molecule has 25 heavy (non-hydrogen) atoms. The largest absolute Gasteiger partial charge is 0.241 e. The fourth-order valence-electron chi connectivity index (χ4n) is 2.42. The van der Waals surface area contributed by atoms with Gasteiger partial charge in [0.2, 0.25) is 10.0 Å². The van der Waals surface area contributed by atoms with Crippen LogP contribution in [0, 0.1) is 20.8 Å². The third kappa shape index (κ3) is 3.98. The van der Waals surface area contributed by atoms with E-state index in [4.69, 9.17) is 0 Å². The second-order valence-corrected chi connectivity index (χ2v) is 8.81. The van der Waals surface area contributed by atoms with Crippen molar-refractivity contribution in [1.82, 2.24) is 9.71 Å². The van der Waals surface area contributed by atoms with Gasteiger partial charge >= 0.3 is 0 Å². The molecule has 2 aromatic carbocycles. The van der Waals surface area contributed by atoms with Gasteiger partial charge in [0.1, 0.15) is 5.01 Å². The van der Waals surface area contributed by atoms with Crippen molar-refractivity contribution >= 4 is 21.4 Å². The van der Waals surface area contributed by atoms with Crippen LogP contribution >= 0.6 is 11.3 Å². The molecule has 0 aliphatic carbocycles. The number of thiazole rings is 1. The Morgan fingerprint density at radius 3 is 2.40 bits per heavy atom. The van der Waals surface area contributed by atoms with Crippen LogP contribution in [-0.2, 0) is 16.6 Å². The number of hydrogen-bond donors (Lipinski definition) is 1. The standard InChI is InChI=1S/C19H20N2O2S2/c1-13-9-10-17(11-14(13)2)25(22,23)20-12-18-15(3)21-19(24-18)16-7-5-4-6-8-16/h4-11,20H,12H2,1-3H3. The molecule has 0 amide bonds. The van der Waals surface area contributed by atoms with Crippen LogP contribution in [0.5, 0.6) is 0 Å². The summed E-state index contributed by atoms with van der Waals surface area (Å²) < 4.78 is 27.7. The molecule has 3 rings (SSSR count). The molecule has 0 aliphatic heterocycles. The zero-order chi connectivity index (χ0) is 18.0. The quantitative estimate of drug-likeness (QED) is 0.730. The van der Waals surface area contributed by atoms with Gasteiger partial charge in [-0.3, -0.25) is 0 Å². The van der Waals surface area contributed by atoms with E-state index in [1.54, 1.807) is 12.1 Å². The van der Waals surface area contributed by atoms with Crippen molar-refractivity contribution in [2.75, 3.05) is 0 Å². The normalized spacial score (nSPS) is 11.6. The van der Waals surface area contributed by atoms with Crippen molar-refractivity contribution in [3.05, 3.63) is 70.2 Å². The maximum absolute atomic E-state index is 12.5. The Kier molecular flexibility index (Phi) is 5.03. The van der Waals surface area contributed by atoms with Crippen LogP contribution in [-0.4, -0.2) is 13.4 Å². The molecule has 1 heterocycles. The SMILES string of the molecule is Cc1ccc(S(=O)(=O)NCc2sc(-c3ccccc3)nc2C)cc1C. The van der Waals surface area contributed by atoms with Crippen molar-refractivity contribution in [3.8, 4) is 10.6 Å². The molecule has 0 saturated heterocycles. The number of sulfonamides is 1. The van der Waals surface area contributed by atoms with Crippen molar-refractivity contribution in [1.29, 1.82) is 0 Å². The fourth-order valence-corrected chi connectivity index (χ4v) is 4.60. The molecule has 6 heteroatoms. The highest BCUT2D eigenvalue weighted by Crippen LogP contribution is 2.28. The highest BCUT2D eigenvalue weighted by molar-refractivity contribution is 7.89. The number of nitrogens with one attached hydrogen (secondary N) is 1. The van der Waals surface area contributed by atoms with Crippen LogP contribution in [0.15, 0.2) is 53.4 Å². The Balaban J connectivity index is 1.79. The number of nitrogens with zero attached hydrogens (tertiary/aromatic N) is 1. The van der Waals surface area contributed by atoms with Crippen LogP contribution in [0.25, 0.3) is 10.6 Å². The van der Waals surface area contributed by atoms with Gasteiger partial charge in [0.05, 0.1) is 10.6 Å². The van der Waals surface area contributed by atoms with Crippen molar-refractivity contribution in [3.63, 3.8) is 0 Å². The lowest BCUT2D eigenvalue weighted by Gasteiger charge is -2.08. The molecule has 130 valence electrons. The maximum atomic E-state index is 12.5. The third-order valence-corrected chi connectivity index (χ3v) is 6.73. The summed E-state index contributed by atoms with van der Waals surface area (Å²) in [6.45, 7) is 6.02. The minimum absolute atomic E-state index is 0.242. The van der Waals surface area contributed by atoms with Crippen LogP contribution < -0.4 is 4.72 Å². The highest BCUT2D eigenvalue weighted by Gasteiger charge is 2.17. The summed E-state index contributed by atoms with van der Waals surface area (Å²) >= 11 is 1.52. The zero-order valence-electron chi connectivity index (χ0n) is 14.4. The molecule has 0 fully saturated rings. The summed E-state index contributed by atoms with van der Waals surface area (Å²) in [5.74, 6) is 0. The summed E-state index contributed by atoms with van der Waals surface area (Å²) in [5.41, 5.74) is 3.93. The van der Waals surface area contributed by atoms with Crippen molar-refractivity contribution in [2.24, 2.45) is 0 Å². The monoisotopic (exact) mass is 372 g/mol. The number of benzene rings is 2. The summed E-state index contributed by atoms with van der Waals surface area (Å²) in [6.07, 6.45) is 0.